The summed E-state index contributed by atoms with van der Waals surface area (Å²) in [6, 6.07) is 4.52. The van der Waals surface area contributed by atoms with E-state index in [0.717, 1.165) is 12.1 Å². The van der Waals surface area contributed by atoms with E-state index in [-0.39, 0.29) is 18.0 Å². The lowest BCUT2D eigenvalue weighted by molar-refractivity contribution is -0.137. The highest BCUT2D eigenvalue weighted by molar-refractivity contribution is 5.90. The maximum atomic E-state index is 12.5. The van der Waals surface area contributed by atoms with Gasteiger partial charge in [0.1, 0.15) is 0 Å². The Kier molecular flexibility index (Phi) is 4.44. The summed E-state index contributed by atoms with van der Waals surface area (Å²) in [7, 11) is 0. The molecule has 4 nitrogen and oxygen atoms in total. The van der Waals surface area contributed by atoms with Crippen molar-refractivity contribution in [3.05, 3.63) is 47.3 Å². The Balaban J connectivity index is 2.30. The van der Waals surface area contributed by atoms with Crippen LogP contribution in [0.1, 0.15) is 28.5 Å². The molecule has 2 aromatic rings. The predicted molar refractivity (Wildman–Crippen MR) is 73.2 cm³/mol. The number of hydrogen-bond acceptors (Lipinski definition) is 4. The SMILES string of the molecule is CCOC(=O)c1cnc(-c2ccc(C(F)(F)F)cc2)nc1C. The highest BCUT2D eigenvalue weighted by atomic mass is 19.4. The van der Waals surface area contributed by atoms with Gasteiger partial charge in [0.2, 0.25) is 0 Å². The van der Waals surface area contributed by atoms with Crippen molar-refractivity contribution < 1.29 is 22.7 Å². The molecule has 0 aliphatic rings. The highest BCUT2D eigenvalue weighted by Crippen LogP contribution is 2.30. The number of carbonyl (C=O) groups is 1. The Hall–Kier alpha value is -2.44. The van der Waals surface area contributed by atoms with E-state index >= 15 is 0 Å². The summed E-state index contributed by atoms with van der Waals surface area (Å²) in [6.07, 6.45) is -3.07. The molecular weight excluding hydrogens is 297 g/mol. The summed E-state index contributed by atoms with van der Waals surface area (Å²) in [5, 5.41) is 0. The topological polar surface area (TPSA) is 52.1 Å². The van der Waals surface area contributed by atoms with Gasteiger partial charge in [-0.3, -0.25) is 0 Å². The Morgan fingerprint density at radius 3 is 2.36 bits per heavy atom. The molecule has 116 valence electrons. The molecule has 0 radical (unpaired) electrons. The smallest absolute Gasteiger partial charge is 0.416 e. The second kappa shape index (κ2) is 6.13. The number of ether oxygens (including phenoxy) is 1. The minimum atomic E-state index is -4.39. The van der Waals surface area contributed by atoms with Gasteiger partial charge in [0.25, 0.3) is 0 Å². The fourth-order valence-corrected chi connectivity index (χ4v) is 1.82. The molecule has 1 aromatic heterocycles. The number of rotatable bonds is 3. The number of nitrogens with zero attached hydrogens (tertiary/aromatic N) is 2. The molecule has 22 heavy (non-hydrogen) atoms. The minimum absolute atomic E-state index is 0.234. The number of esters is 1. The highest BCUT2D eigenvalue weighted by Gasteiger charge is 2.30. The lowest BCUT2D eigenvalue weighted by atomic mass is 10.1. The van der Waals surface area contributed by atoms with Crippen LogP contribution in [0.25, 0.3) is 11.4 Å². The molecule has 1 aromatic carbocycles. The number of carbonyl (C=O) groups excluding carboxylic acids is 1. The molecule has 0 amide bonds. The average Bonchev–Trinajstić information content (AvgIpc) is 2.46. The molecule has 0 aliphatic heterocycles. The quantitative estimate of drug-likeness (QED) is 0.812. The third-order valence-corrected chi connectivity index (χ3v) is 2.95. The molecular formula is C15H13F3N2O2. The van der Waals surface area contributed by atoms with Crippen molar-refractivity contribution >= 4 is 5.97 Å². The number of aromatic nitrogens is 2. The van der Waals surface area contributed by atoms with Crippen LogP contribution in [0.5, 0.6) is 0 Å². The van der Waals surface area contributed by atoms with Crippen LogP contribution in [0.15, 0.2) is 30.5 Å². The van der Waals surface area contributed by atoms with E-state index in [1.807, 2.05) is 0 Å². The number of benzene rings is 1. The van der Waals surface area contributed by atoms with Gasteiger partial charge >= 0.3 is 12.1 Å². The van der Waals surface area contributed by atoms with Crippen molar-refractivity contribution in [2.24, 2.45) is 0 Å². The van der Waals surface area contributed by atoms with E-state index in [9.17, 15) is 18.0 Å². The van der Waals surface area contributed by atoms with Crippen LogP contribution in [0.3, 0.4) is 0 Å². The number of halogens is 3. The van der Waals surface area contributed by atoms with Gasteiger partial charge in [-0.2, -0.15) is 13.2 Å². The second-order valence-electron chi connectivity index (χ2n) is 4.49. The van der Waals surface area contributed by atoms with Crippen molar-refractivity contribution in [3.63, 3.8) is 0 Å². The van der Waals surface area contributed by atoms with Crippen LogP contribution in [0.2, 0.25) is 0 Å². The minimum Gasteiger partial charge on any atom is -0.462 e. The van der Waals surface area contributed by atoms with Gasteiger partial charge in [-0.15, -0.1) is 0 Å². The van der Waals surface area contributed by atoms with Crippen molar-refractivity contribution in [1.29, 1.82) is 0 Å². The summed E-state index contributed by atoms with van der Waals surface area (Å²) in [6.45, 7) is 3.53. The van der Waals surface area contributed by atoms with E-state index in [1.165, 1.54) is 18.3 Å². The summed E-state index contributed by atoms with van der Waals surface area (Å²) < 4.78 is 42.4. The van der Waals surface area contributed by atoms with Crippen molar-refractivity contribution in [2.75, 3.05) is 6.61 Å². The molecule has 0 N–H and O–H groups in total. The third kappa shape index (κ3) is 3.41. The first-order valence-electron chi connectivity index (χ1n) is 6.51. The first kappa shape index (κ1) is 15.9. The van der Waals surface area contributed by atoms with E-state index < -0.39 is 17.7 Å². The van der Waals surface area contributed by atoms with Gasteiger partial charge in [0.05, 0.1) is 23.4 Å². The van der Waals surface area contributed by atoms with E-state index in [4.69, 9.17) is 4.74 Å². The predicted octanol–water partition coefficient (Wildman–Crippen LogP) is 3.65. The molecule has 0 aliphatic carbocycles. The van der Waals surface area contributed by atoms with Crippen molar-refractivity contribution in [1.82, 2.24) is 9.97 Å². The van der Waals surface area contributed by atoms with E-state index in [1.54, 1.807) is 13.8 Å². The van der Waals surface area contributed by atoms with Gasteiger partial charge in [0, 0.05) is 11.8 Å². The largest absolute Gasteiger partial charge is 0.462 e. The molecule has 0 spiro atoms. The lowest BCUT2D eigenvalue weighted by Gasteiger charge is -2.08. The van der Waals surface area contributed by atoms with Gasteiger partial charge < -0.3 is 4.74 Å². The van der Waals surface area contributed by atoms with Crippen LogP contribution in [-0.2, 0) is 10.9 Å². The zero-order chi connectivity index (χ0) is 16.3. The normalized spacial score (nSPS) is 11.3. The monoisotopic (exact) mass is 310 g/mol. The van der Waals surface area contributed by atoms with Crippen molar-refractivity contribution in [3.8, 4) is 11.4 Å². The maximum Gasteiger partial charge on any atom is 0.416 e. The van der Waals surface area contributed by atoms with Crippen LogP contribution < -0.4 is 0 Å². The molecule has 2 rings (SSSR count). The van der Waals surface area contributed by atoms with Gasteiger partial charge in [0.15, 0.2) is 5.82 Å². The van der Waals surface area contributed by atoms with E-state index in [0.29, 0.717) is 11.3 Å². The Morgan fingerprint density at radius 2 is 1.86 bits per heavy atom. The summed E-state index contributed by atoms with van der Waals surface area (Å²) in [5.74, 6) is -0.279. The molecule has 0 fully saturated rings. The first-order valence-corrected chi connectivity index (χ1v) is 6.51. The maximum absolute atomic E-state index is 12.5. The van der Waals surface area contributed by atoms with Crippen molar-refractivity contribution in [2.45, 2.75) is 20.0 Å². The molecule has 0 bridgehead atoms. The van der Waals surface area contributed by atoms with Crippen LogP contribution >= 0.6 is 0 Å². The second-order valence-corrected chi connectivity index (χ2v) is 4.49. The summed E-state index contributed by atoms with van der Waals surface area (Å²) in [4.78, 5) is 19.8. The Bertz CT molecular complexity index is 682. The molecule has 1 heterocycles. The zero-order valence-corrected chi connectivity index (χ0v) is 11.9. The Morgan fingerprint density at radius 1 is 1.23 bits per heavy atom. The van der Waals surface area contributed by atoms with Gasteiger partial charge in [-0.05, 0) is 26.0 Å². The summed E-state index contributed by atoms with van der Waals surface area (Å²) >= 11 is 0. The number of hydrogen-bond donors (Lipinski definition) is 0. The fourth-order valence-electron chi connectivity index (χ4n) is 1.82. The molecule has 7 heteroatoms. The van der Waals surface area contributed by atoms with E-state index in [2.05, 4.69) is 9.97 Å². The zero-order valence-electron chi connectivity index (χ0n) is 11.9. The van der Waals surface area contributed by atoms with Crippen LogP contribution in [-0.4, -0.2) is 22.5 Å². The Labute approximate surface area is 125 Å². The van der Waals surface area contributed by atoms with Gasteiger partial charge in [-0.1, -0.05) is 12.1 Å². The number of aryl methyl sites for hydroxylation is 1. The average molecular weight is 310 g/mol. The fraction of sp³-hybridized carbons (Fsp3) is 0.267. The van der Waals surface area contributed by atoms with Crippen LogP contribution in [0, 0.1) is 6.92 Å². The first-order chi connectivity index (χ1) is 10.3. The standard InChI is InChI=1S/C15H13F3N2O2/c1-3-22-14(21)12-8-19-13(20-9(12)2)10-4-6-11(7-5-10)15(16,17)18/h4-8H,3H2,1-2H3. The lowest BCUT2D eigenvalue weighted by Crippen LogP contribution is -2.09. The third-order valence-electron chi connectivity index (χ3n) is 2.95. The molecule has 0 atom stereocenters. The van der Waals surface area contributed by atoms with Crippen LogP contribution in [0.4, 0.5) is 13.2 Å². The molecule has 0 unspecified atom stereocenters. The number of alkyl halides is 3. The molecule has 0 saturated carbocycles. The van der Waals surface area contributed by atoms with Gasteiger partial charge in [-0.25, -0.2) is 14.8 Å². The molecule has 0 saturated heterocycles. The summed E-state index contributed by atoms with van der Waals surface area (Å²) in [5.41, 5.74) is 0.337.